The van der Waals surface area contributed by atoms with Crippen LogP contribution in [0.5, 0.6) is 0 Å². The Morgan fingerprint density at radius 3 is 2.48 bits per heavy atom. The number of carbonyl (C=O) groups excluding carboxylic acids is 1. The van der Waals surface area contributed by atoms with Crippen molar-refractivity contribution < 1.29 is 18.0 Å². The highest BCUT2D eigenvalue weighted by Crippen LogP contribution is 2.27. The predicted molar refractivity (Wildman–Crippen MR) is 106 cm³/mol. The van der Waals surface area contributed by atoms with Gasteiger partial charge in [0.1, 0.15) is 5.82 Å². The van der Waals surface area contributed by atoms with Gasteiger partial charge in [0.05, 0.1) is 35.4 Å². The molecule has 3 heterocycles. The van der Waals surface area contributed by atoms with Crippen LogP contribution in [0.25, 0.3) is 5.82 Å². The maximum atomic E-state index is 13.2. The van der Waals surface area contributed by atoms with Gasteiger partial charge in [-0.1, -0.05) is 11.6 Å². The number of aromatic nitrogens is 6. The summed E-state index contributed by atoms with van der Waals surface area (Å²) < 4.78 is 37.8. The van der Waals surface area contributed by atoms with Crippen molar-refractivity contribution in [2.75, 3.05) is 18.4 Å². The van der Waals surface area contributed by atoms with Crippen LogP contribution < -0.4 is 5.32 Å². The van der Waals surface area contributed by atoms with Gasteiger partial charge in [-0.3, -0.25) is 4.79 Å². The van der Waals surface area contributed by atoms with Gasteiger partial charge in [0.15, 0.2) is 11.5 Å². The summed E-state index contributed by atoms with van der Waals surface area (Å²) in [4.78, 5) is 27.3. The summed E-state index contributed by atoms with van der Waals surface area (Å²) in [6.45, 7) is 4.17. The Kier molecular flexibility index (Phi) is 6.68. The van der Waals surface area contributed by atoms with Crippen LogP contribution in [0.2, 0.25) is 5.02 Å². The largest absolute Gasteiger partial charge is 0.434 e. The van der Waals surface area contributed by atoms with Crippen molar-refractivity contribution in [3.63, 3.8) is 0 Å². The number of rotatable bonds is 7. The molecule has 1 amide bonds. The maximum absolute atomic E-state index is 13.2. The van der Waals surface area contributed by atoms with Crippen LogP contribution in [0.1, 0.15) is 29.9 Å². The van der Waals surface area contributed by atoms with Gasteiger partial charge in [0.2, 0.25) is 0 Å². The van der Waals surface area contributed by atoms with E-state index in [4.69, 9.17) is 11.6 Å². The third-order valence-electron chi connectivity index (χ3n) is 4.33. The molecule has 31 heavy (non-hydrogen) atoms. The fourth-order valence-electron chi connectivity index (χ4n) is 2.81. The molecular weight excluding hydrogens is 437 g/mol. The minimum absolute atomic E-state index is 0.161. The van der Waals surface area contributed by atoms with Crippen molar-refractivity contribution in [1.29, 1.82) is 0 Å². The van der Waals surface area contributed by atoms with Gasteiger partial charge < -0.3 is 10.2 Å². The first kappa shape index (κ1) is 22.4. The SMILES string of the molecule is CCN(C(=O)c1cc(Cl)cnc1-n1nccn1)[C@@H](C)CNc1cnc(C(F)(F)F)cn1. The summed E-state index contributed by atoms with van der Waals surface area (Å²) in [5.41, 5.74) is -0.864. The summed E-state index contributed by atoms with van der Waals surface area (Å²) in [7, 11) is 0. The van der Waals surface area contributed by atoms with Crippen LogP contribution >= 0.6 is 11.6 Å². The molecule has 3 aromatic rings. The normalized spacial score (nSPS) is 12.5. The van der Waals surface area contributed by atoms with E-state index in [1.807, 2.05) is 0 Å². The predicted octanol–water partition coefficient (Wildman–Crippen LogP) is 3.09. The number of nitrogens with zero attached hydrogens (tertiary/aromatic N) is 7. The first-order valence-electron chi connectivity index (χ1n) is 9.17. The standard InChI is InChI=1S/C18H18ClF3N8O/c1-3-29(11(2)7-24-15-10-23-14(9-25-15)18(20,21)22)17(31)13-6-12(19)8-26-16(13)30-27-4-5-28-30/h4-6,8-11H,3,7H2,1-2H3,(H,24,25)/t11-/m0/s1. The van der Waals surface area contributed by atoms with E-state index in [0.29, 0.717) is 12.7 Å². The number of hydrogen-bond donors (Lipinski definition) is 1. The van der Waals surface area contributed by atoms with Gasteiger partial charge in [0.25, 0.3) is 5.91 Å². The van der Waals surface area contributed by atoms with E-state index in [2.05, 4.69) is 30.5 Å². The van der Waals surface area contributed by atoms with Crippen LogP contribution in [-0.2, 0) is 6.18 Å². The lowest BCUT2D eigenvalue weighted by molar-refractivity contribution is -0.141. The molecule has 0 fully saturated rings. The zero-order valence-corrected chi connectivity index (χ0v) is 17.3. The Labute approximate surface area is 180 Å². The average molecular weight is 455 g/mol. The second kappa shape index (κ2) is 9.25. The molecule has 0 saturated carbocycles. The van der Waals surface area contributed by atoms with Crippen molar-refractivity contribution in [2.24, 2.45) is 0 Å². The molecule has 13 heteroatoms. The molecule has 0 spiro atoms. The Balaban J connectivity index is 1.74. The highest BCUT2D eigenvalue weighted by atomic mass is 35.5. The lowest BCUT2D eigenvalue weighted by atomic mass is 10.2. The molecule has 0 unspecified atom stereocenters. The van der Waals surface area contributed by atoms with Crippen LogP contribution in [0.4, 0.5) is 19.0 Å². The van der Waals surface area contributed by atoms with Gasteiger partial charge >= 0.3 is 6.18 Å². The zero-order chi connectivity index (χ0) is 22.6. The molecule has 3 aromatic heterocycles. The number of hydrogen-bond acceptors (Lipinski definition) is 7. The van der Waals surface area contributed by atoms with E-state index in [0.717, 1.165) is 6.20 Å². The Morgan fingerprint density at radius 1 is 1.19 bits per heavy atom. The summed E-state index contributed by atoms with van der Waals surface area (Å²) >= 11 is 6.04. The van der Waals surface area contributed by atoms with E-state index in [-0.39, 0.29) is 40.7 Å². The second-order valence-corrected chi connectivity index (χ2v) is 6.89. The second-order valence-electron chi connectivity index (χ2n) is 6.45. The van der Waals surface area contributed by atoms with Crippen molar-refractivity contribution in [2.45, 2.75) is 26.1 Å². The maximum Gasteiger partial charge on any atom is 0.434 e. The molecular formula is C18H18ClF3N8O. The van der Waals surface area contributed by atoms with Crippen LogP contribution in [-0.4, -0.2) is 59.9 Å². The van der Waals surface area contributed by atoms with Crippen LogP contribution in [0.3, 0.4) is 0 Å². The Bertz CT molecular complexity index is 1030. The summed E-state index contributed by atoms with van der Waals surface area (Å²) in [6, 6.07) is 1.14. The number of likely N-dealkylation sites (N-methyl/N-ethyl adjacent to an activating group) is 1. The number of nitrogens with one attached hydrogen (secondary N) is 1. The first-order chi connectivity index (χ1) is 14.7. The minimum atomic E-state index is -4.56. The van der Waals surface area contributed by atoms with E-state index >= 15 is 0 Å². The smallest absolute Gasteiger partial charge is 0.367 e. The zero-order valence-electron chi connectivity index (χ0n) is 16.5. The van der Waals surface area contributed by atoms with Gasteiger partial charge in [0, 0.05) is 25.3 Å². The number of halogens is 4. The van der Waals surface area contributed by atoms with E-state index in [1.54, 1.807) is 18.7 Å². The topological polar surface area (TPSA) is 102 Å². The molecule has 0 bridgehead atoms. The molecule has 9 nitrogen and oxygen atoms in total. The average Bonchev–Trinajstić information content (AvgIpc) is 3.27. The van der Waals surface area contributed by atoms with Crippen LogP contribution in [0, 0.1) is 0 Å². The summed E-state index contributed by atoms with van der Waals surface area (Å²) in [5.74, 6) is 0.0402. The number of pyridine rings is 1. The first-order valence-corrected chi connectivity index (χ1v) is 9.54. The number of alkyl halides is 3. The number of carbonyl (C=O) groups is 1. The quantitative estimate of drug-likeness (QED) is 0.585. The monoisotopic (exact) mass is 454 g/mol. The molecule has 1 atom stereocenters. The molecule has 0 aliphatic rings. The third-order valence-corrected chi connectivity index (χ3v) is 4.53. The van der Waals surface area contributed by atoms with Crippen molar-refractivity contribution in [3.05, 3.63) is 53.3 Å². The number of anilines is 1. The summed E-state index contributed by atoms with van der Waals surface area (Å²) in [5, 5.41) is 11.2. The van der Waals surface area contributed by atoms with E-state index in [9.17, 15) is 18.0 Å². The lowest BCUT2D eigenvalue weighted by Gasteiger charge is -2.29. The van der Waals surface area contributed by atoms with Crippen molar-refractivity contribution in [1.82, 2.24) is 34.8 Å². The van der Waals surface area contributed by atoms with Gasteiger partial charge in [-0.05, 0) is 19.9 Å². The van der Waals surface area contributed by atoms with Gasteiger partial charge in [-0.2, -0.15) is 23.4 Å². The fraction of sp³-hybridized carbons (Fsp3) is 0.333. The highest BCUT2D eigenvalue weighted by molar-refractivity contribution is 6.30. The highest BCUT2D eigenvalue weighted by Gasteiger charge is 2.32. The van der Waals surface area contributed by atoms with Crippen molar-refractivity contribution >= 4 is 23.3 Å². The molecule has 1 N–H and O–H groups in total. The van der Waals surface area contributed by atoms with Gasteiger partial charge in [-0.25, -0.2) is 15.0 Å². The molecule has 164 valence electrons. The Hall–Kier alpha value is -3.28. The molecule has 0 aliphatic carbocycles. The summed E-state index contributed by atoms with van der Waals surface area (Å²) in [6.07, 6.45) is 1.39. The number of amides is 1. The molecule has 0 radical (unpaired) electrons. The van der Waals surface area contributed by atoms with E-state index < -0.39 is 11.9 Å². The van der Waals surface area contributed by atoms with E-state index in [1.165, 1.54) is 29.5 Å². The molecule has 0 saturated heterocycles. The molecule has 0 aromatic carbocycles. The molecule has 3 rings (SSSR count). The fourth-order valence-corrected chi connectivity index (χ4v) is 2.97. The lowest BCUT2D eigenvalue weighted by Crippen LogP contribution is -2.42. The third kappa shape index (κ3) is 5.26. The van der Waals surface area contributed by atoms with Crippen LogP contribution in [0.15, 0.2) is 37.1 Å². The Morgan fingerprint density at radius 2 is 1.90 bits per heavy atom. The van der Waals surface area contributed by atoms with Gasteiger partial charge in [-0.15, -0.1) is 4.80 Å². The minimum Gasteiger partial charge on any atom is -0.367 e. The van der Waals surface area contributed by atoms with Crippen molar-refractivity contribution in [3.8, 4) is 5.82 Å². The molecule has 0 aliphatic heterocycles.